The number of amides is 1. The number of hydrogen-bond acceptors (Lipinski definition) is 5. The number of carbonyl (C=O) groups excluding carboxylic acids is 2. The monoisotopic (exact) mass is 325 g/mol. The molecule has 6 heteroatoms. The van der Waals surface area contributed by atoms with E-state index >= 15 is 0 Å². The highest BCUT2D eigenvalue weighted by Crippen LogP contribution is 2.29. The van der Waals surface area contributed by atoms with Crippen molar-refractivity contribution < 1.29 is 19.4 Å². The molecule has 0 atom stereocenters. The van der Waals surface area contributed by atoms with Gasteiger partial charge in [-0.3, -0.25) is 9.59 Å². The lowest BCUT2D eigenvalue weighted by molar-refractivity contribution is -0.122. The molecule has 1 aliphatic rings. The van der Waals surface area contributed by atoms with Crippen molar-refractivity contribution in [3.05, 3.63) is 22.4 Å². The van der Waals surface area contributed by atoms with E-state index in [1.165, 1.54) is 11.3 Å². The van der Waals surface area contributed by atoms with Crippen LogP contribution in [0.1, 0.15) is 41.8 Å². The zero-order chi connectivity index (χ0) is 15.8. The minimum Gasteiger partial charge on any atom is -0.396 e. The summed E-state index contributed by atoms with van der Waals surface area (Å²) in [5.74, 6) is 0.0392. The fourth-order valence-electron chi connectivity index (χ4n) is 2.54. The van der Waals surface area contributed by atoms with Gasteiger partial charge in [0.2, 0.25) is 5.91 Å². The Hall–Kier alpha value is -1.24. The molecular formula is C16H23NO4S. The first-order valence-corrected chi connectivity index (χ1v) is 8.55. The second-order valence-corrected chi connectivity index (χ2v) is 6.75. The van der Waals surface area contributed by atoms with Crippen LogP contribution in [0, 0.1) is 5.41 Å². The van der Waals surface area contributed by atoms with Gasteiger partial charge in [0.1, 0.15) is 0 Å². The molecule has 0 radical (unpaired) electrons. The predicted octanol–water partition coefficient (Wildman–Crippen LogP) is 2.01. The van der Waals surface area contributed by atoms with Gasteiger partial charge in [-0.05, 0) is 30.7 Å². The standard InChI is InChI=1S/C16H23NO4S/c18-12-16(6-8-21-9-7-16)11-17-15(20)5-1-3-13(19)14-4-2-10-22-14/h2,4,10,18H,1,3,5-9,11-12H2,(H,17,20). The number of Topliss-reactive ketones (excluding diaryl/α,β-unsaturated/α-hetero) is 1. The van der Waals surface area contributed by atoms with E-state index in [-0.39, 0.29) is 23.7 Å². The molecule has 122 valence electrons. The molecule has 0 bridgehead atoms. The first-order valence-electron chi connectivity index (χ1n) is 7.67. The number of nitrogens with one attached hydrogen (secondary N) is 1. The van der Waals surface area contributed by atoms with Crippen molar-refractivity contribution in [1.82, 2.24) is 5.32 Å². The largest absolute Gasteiger partial charge is 0.396 e. The third-order valence-electron chi connectivity index (χ3n) is 4.15. The highest BCUT2D eigenvalue weighted by molar-refractivity contribution is 7.12. The predicted molar refractivity (Wildman–Crippen MR) is 85.1 cm³/mol. The fraction of sp³-hybridized carbons (Fsp3) is 0.625. The molecule has 0 unspecified atom stereocenters. The van der Waals surface area contributed by atoms with Gasteiger partial charge in [-0.1, -0.05) is 6.07 Å². The van der Waals surface area contributed by atoms with Crippen molar-refractivity contribution in [3.8, 4) is 0 Å². The number of ether oxygens (including phenoxy) is 1. The Morgan fingerprint density at radius 2 is 2.09 bits per heavy atom. The quantitative estimate of drug-likeness (QED) is 0.717. The van der Waals surface area contributed by atoms with Crippen LogP contribution in [-0.2, 0) is 9.53 Å². The number of ketones is 1. The molecule has 22 heavy (non-hydrogen) atoms. The number of thiophene rings is 1. The molecule has 0 aromatic carbocycles. The van der Waals surface area contributed by atoms with E-state index in [1.807, 2.05) is 17.5 Å². The molecule has 2 N–H and O–H groups in total. The SMILES string of the molecule is O=C(CCCC(=O)c1cccs1)NCC1(CO)CCOCC1. The van der Waals surface area contributed by atoms with Crippen molar-refractivity contribution in [2.24, 2.45) is 5.41 Å². The number of aliphatic hydroxyl groups excluding tert-OH is 1. The van der Waals surface area contributed by atoms with Gasteiger partial charge in [0.05, 0.1) is 11.5 Å². The number of rotatable bonds is 8. The molecule has 1 fully saturated rings. The van der Waals surface area contributed by atoms with Gasteiger partial charge in [-0.25, -0.2) is 0 Å². The molecule has 1 aromatic heterocycles. The summed E-state index contributed by atoms with van der Waals surface area (Å²) in [6.07, 6.45) is 2.82. The minimum absolute atomic E-state index is 0.0571. The van der Waals surface area contributed by atoms with Gasteiger partial charge in [0.25, 0.3) is 0 Å². The Morgan fingerprint density at radius 1 is 1.32 bits per heavy atom. The summed E-state index contributed by atoms with van der Waals surface area (Å²) < 4.78 is 5.30. The van der Waals surface area contributed by atoms with Crippen molar-refractivity contribution in [1.29, 1.82) is 0 Å². The Morgan fingerprint density at radius 3 is 2.73 bits per heavy atom. The summed E-state index contributed by atoms with van der Waals surface area (Å²) >= 11 is 1.43. The lowest BCUT2D eigenvalue weighted by atomic mass is 9.81. The molecular weight excluding hydrogens is 302 g/mol. The third-order valence-corrected chi connectivity index (χ3v) is 5.06. The zero-order valence-electron chi connectivity index (χ0n) is 12.7. The van der Waals surface area contributed by atoms with Crippen LogP contribution in [-0.4, -0.2) is 43.2 Å². The maximum absolute atomic E-state index is 11.9. The molecule has 1 aliphatic heterocycles. The highest BCUT2D eigenvalue weighted by atomic mass is 32.1. The van der Waals surface area contributed by atoms with E-state index in [4.69, 9.17) is 4.74 Å². The first kappa shape index (κ1) is 17.1. The smallest absolute Gasteiger partial charge is 0.220 e. The van der Waals surface area contributed by atoms with Crippen molar-refractivity contribution >= 4 is 23.0 Å². The summed E-state index contributed by atoms with van der Waals surface area (Å²) in [4.78, 5) is 24.5. The molecule has 1 amide bonds. The first-order chi connectivity index (χ1) is 10.7. The van der Waals surface area contributed by atoms with E-state index in [9.17, 15) is 14.7 Å². The topological polar surface area (TPSA) is 75.6 Å². The molecule has 5 nitrogen and oxygen atoms in total. The molecule has 2 rings (SSSR count). The molecule has 2 heterocycles. The van der Waals surface area contributed by atoms with E-state index < -0.39 is 0 Å². The van der Waals surface area contributed by atoms with E-state index in [2.05, 4.69) is 5.32 Å². The lowest BCUT2D eigenvalue weighted by Gasteiger charge is -2.35. The maximum atomic E-state index is 11.9. The average molecular weight is 325 g/mol. The van der Waals surface area contributed by atoms with Crippen LogP contribution >= 0.6 is 11.3 Å². The van der Waals surface area contributed by atoms with Crippen LogP contribution in [0.5, 0.6) is 0 Å². The van der Waals surface area contributed by atoms with Crippen molar-refractivity contribution in [3.63, 3.8) is 0 Å². The molecule has 1 saturated heterocycles. The van der Waals surface area contributed by atoms with Crippen molar-refractivity contribution in [2.45, 2.75) is 32.1 Å². The Labute approximate surface area is 134 Å². The van der Waals surface area contributed by atoms with Crippen LogP contribution in [0.25, 0.3) is 0 Å². The molecule has 0 aliphatic carbocycles. The van der Waals surface area contributed by atoms with Crippen LogP contribution in [0.15, 0.2) is 17.5 Å². The van der Waals surface area contributed by atoms with Gasteiger partial charge in [0.15, 0.2) is 5.78 Å². The van der Waals surface area contributed by atoms with Gasteiger partial charge in [-0.2, -0.15) is 0 Å². The lowest BCUT2D eigenvalue weighted by Crippen LogP contribution is -2.43. The van der Waals surface area contributed by atoms with Crippen LogP contribution in [0.3, 0.4) is 0 Å². The number of hydrogen-bond donors (Lipinski definition) is 2. The van der Waals surface area contributed by atoms with Gasteiger partial charge < -0.3 is 15.2 Å². The van der Waals surface area contributed by atoms with Crippen molar-refractivity contribution in [2.75, 3.05) is 26.4 Å². The average Bonchev–Trinajstić information content (AvgIpc) is 3.08. The second-order valence-electron chi connectivity index (χ2n) is 5.80. The minimum atomic E-state index is -0.249. The van der Waals surface area contributed by atoms with Crippen LogP contribution in [0.2, 0.25) is 0 Å². The Kier molecular flexibility index (Phi) is 6.54. The summed E-state index contributed by atoms with van der Waals surface area (Å²) in [5, 5.41) is 14.3. The fourth-order valence-corrected chi connectivity index (χ4v) is 3.23. The van der Waals surface area contributed by atoms with Gasteiger partial charge in [0, 0.05) is 38.0 Å². The molecule has 1 aromatic rings. The summed E-state index contributed by atoms with van der Waals surface area (Å²) in [5.41, 5.74) is -0.249. The third kappa shape index (κ3) is 4.90. The summed E-state index contributed by atoms with van der Waals surface area (Å²) in [6, 6.07) is 3.66. The summed E-state index contributed by atoms with van der Waals surface area (Å²) in [6.45, 7) is 1.80. The molecule has 0 spiro atoms. The number of aliphatic hydroxyl groups is 1. The molecule has 0 saturated carbocycles. The van der Waals surface area contributed by atoms with E-state index in [0.717, 1.165) is 17.7 Å². The van der Waals surface area contributed by atoms with Crippen LogP contribution in [0.4, 0.5) is 0 Å². The normalized spacial score (nSPS) is 17.1. The van der Waals surface area contributed by atoms with E-state index in [1.54, 1.807) is 0 Å². The van der Waals surface area contributed by atoms with Crippen LogP contribution < -0.4 is 5.32 Å². The Bertz CT molecular complexity index is 480. The highest BCUT2D eigenvalue weighted by Gasteiger charge is 2.32. The van der Waals surface area contributed by atoms with E-state index in [0.29, 0.717) is 39.0 Å². The second kappa shape index (κ2) is 8.41. The van der Waals surface area contributed by atoms with Gasteiger partial charge >= 0.3 is 0 Å². The maximum Gasteiger partial charge on any atom is 0.220 e. The number of carbonyl (C=O) groups is 2. The Balaban J connectivity index is 1.66. The summed E-state index contributed by atoms with van der Waals surface area (Å²) in [7, 11) is 0. The van der Waals surface area contributed by atoms with Gasteiger partial charge in [-0.15, -0.1) is 11.3 Å². The zero-order valence-corrected chi connectivity index (χ0v) is 13.5.